The van der Waals surface area contributed by atoms with E-state index in [4.69, 9.17) is 19.4 Å². The first-order valence-electron chi connectivity index (χ1n) is 19.7. The Morgan fingerprint density at radius 3 is 1.81 bits per heavy atom. The number of aryl methyl sites for hydroxylation is 1. The SMILES string of the molecule is C1=CC2C=CC(c3nc(C4=CCCc5oc6cc(-c7ccc(-c8ccccc8)c8ccccc78)ccc6c54)nc(-c4ccccc4)n3)=CC2C=C1c1ccccc1. The van der Waals surface area contributed by atoms with Gasteiger partial charge in [0.15, 0.2) is 17.5 Å². The van der Waals surface area contributed by atoms with Crippen LogP contribution in [0.1, 0.15) is 35.0 Å². The Labute approximate surface area is 331 Å². The Hall–Kier alpha value is -7.17. The summed E-state index contributed by atoms with van der Waals surface area (Å²) in [5.74, 6) is 3.46. The van der Waals surface area contributed by atoms with Crippen LogP contribution in [-0.2, 0) is 6.42 Å². The summed E-state index contributed by atoms with van der Waals surface area (Å²) < 4.78 is 6.73. The van der Waals surface area contributed by atoms with Crippen LogP contribution in [0, 0.1) is 11.8 Å². The third kappa shape index (κ3) is 5.98. The summed E-state index contributed by atoms with van der Waals surface area (Å²) in [6.07, 6.45) is 17.6. The summed E-state index contributed by atoms with van der Waals surface area (Å²) in [4.78, 5) is 15.5. The van der Waals surface area contributed by atoms with Crippen molar-refractivity contribution in [2.45, 2.75) is 12.8 Å². The van der Waals surface area contributed by atoms with E-state index in [9.17, 15) is 0 Å². The van der Waals surface area contributed by atoms with Crippen molar-refractivity contribution in [1.29, 1.82) is 0 Å². The fourth-order valence-electron chi connectivity index (χ4n) is 8.72. The highest BCUT2D eigenvalue weighted by Crippen LogP contribution is 2.42. The lowest BCUT2D eigenvalue weighted by molar-refractivity contribution is 0.545. The molecule has 11 rings (SSSR count). The van der Waals surface area contributed by atoms with E-state index in [-0.39, 0.29) is 5.92 Å². The predicted molar refractivity (Wildman–Crippen MR) is 233 cm³/mol. The van der Waals surface area contributed by atoms with Crippen molar-refractivity contribution in [3.63, 3.8) is 0 Å². The topological polar surface area (TPSA) is 51.8 Å². The molecule has 0 bridgehead atoms. The summed E-state index contributed by atoms with van der Waals surface area (Å²) in [7, 11) is 0. The number of furan rings is 1. The summed E-state index contributed by atoms with van der Waals surface area (Å²) in [5, 5.41) is 3.52. The molecule has 0 amide bonds. The van der Waals surface area contributed by atoms with Gasteiger partial charge in [-0.25, -0.2) is 15.0 Å². The number of rotatable bonds is 6. The smallest absolute Gasteiger partial charge is 0.164 e. The molecule has 0 fully saturated rings. The normalized spacial score (nSPS) is 17.2. The lowest BCUT2D eigenvalue weighted by Crippen LogP contribution is -2.14. The average molecular weight is 732 g/mol. The molecule has 8 aromatic rings. The minimum absolute atomic E-state index is 0.199. The van der Waals surface area contributed by atoms with Gasteiger partial charge in [0.05, 0.1) is 0 Å². The minimum atomic E-state index is 0.199. The molecule has 6 aromatic carbocycles. The molecular weight excluding hydrogens is 695 g/mol. The maximum absolute atomic E-state index is 6.73. The van der Waals surface area contributed by atoms with Crippen LogP contribution >= 0.6 is 0 Å². The fraction of sp³-hybridized carbons (Fsp3) is 0.0755. The summed E-state index contributed by atoms with van der Waals surface area (Å²) in [5.41, 5.74) is 12.1. The van der Waals surface area contributed by atoms with Crippen LogP contribution in [0.25, 0.3) is 72.1 Å². The zero-order valence-electron chi connectivity index (χ0n) is 31.2. The number of fused-ring (bicyclic) bond motifs is 5. The summed E-state index contributed by atoms with van der Waals surface area (Å²) in [6.45, 7) is 0. The quantitative estimate of drug-likeness (QED) is 0.171. The lowest BCUT2D eigenvalue weighted by Gasteiger charge is -2.25. The number of allylic oxidation sites excluding steroid dienone is 9. The van der Waals surface area contributed by atoms with E-state index >= 15 is 0 Å². The van der Waals surface area contributed by atoms with E-state index in [2.05, 4.69) is 170 Å². The Morgan fingerprint density at radius 2 is 1.07 bits per heavy atom. The van der Waals surface area contributed by atoms with Gasteiger partial charge in [-0.05, 0) is 62.7 Å². The minimum Gasteiger partial charge on any atom is -0.460 e. The van der Waals surface area contributed by atoms with E-state index in [0.29, 0.717) is 23.4 Å². The van der Waals surface area contributed by atoms with Crippen LogP contribution < -0.4 is 0 Å². The molecular formula is C53H37N3O. The largest absolute Gasteiger partial charge is 0.460 e. The highest BCUT2D eigenvalue weighted by atomic mass is 16.3. The first kappa shape index (κ1) is 33.2. The number of aromatic nitrogens is 3. The van der Waals surface area contributed by atoms with Crippen LogP contribution in [0.2, 0.25) is 0 Å². The third-order valence-corrected chi connectivity index (χ3v) is 11.5. The van der Waals surface area contributed by atoms with Crippen molar-refractivity contribution in [2.24, 2.45) is 11.8 Å². The lowest BCUT2D eigenvalue weighted by atomic mass is 9.80. The van der Waals surface area contributed by atoms with Gasteiger partial charge < -0.3 is 4.42 Å². The molecule has 57 heavy (non-hydrogen) atoms. The molecule has 270 valence electrons. The van der Waals surface area contributed by atoms with E-state index in [0.717, 1.165) is 57.4 Å². The molecule has 3 aliphatic carbocycles. The Bertz CT molecular complexity index is 3000. The van der Waals surface area contributed by atoms with Gasteiger partial charge in [0.25, 0.3) is 0 Å². The van der Waals surface area contributed by atoms with Crippen LogP contribution in [0.3, 0.4) is 0 Å². The van der Waals surface area contributed by atoms with E-state index in [1.54, 1.807) is 0 Å². The maximum Gasteiger partial charge on any atom is 0.164 e. The fourth-order valence-corrected chi connectivity index (χ4v) is 8.72. The van der Waals surface area contributed by atoms with Crippen molar-refractivity contribution in [2.75, 3.05) is 0 Å². The number of nitrogens with zero attached hydrogens (tertiary/aromatic N) is 3. The molecule has 0 spiro atoms. The second kappa shape index (κ2) is 13.8. The monoisotopic (exact) mass is 731 g/mol. The first-order chi connectivity index (χ1) is 28.2. The molecule has 0 radical (unpaired) electrons. The van der Waals surface area contributed by atoms with Crippen LogP contribution in [0.5, 0.6) is 0 Å². The van der Waals surface area contributed by atoms with Crippen molar-refractivity contribution < 1.29 is 4.42 Å². The van der Waals surface area contributed by atoms with Gasteiger partial charge in [-0.2, -0.15) is 0 Å². The molecule has 0 saturated carbocycles. The predicted octanol–water partition coefficient (Wildman–Crippen LogP) is 13.0. The zero-order chi connectivity index (χ0) is 37.7. The van der Waals surface area contributed by atoms with Gasteiger partial charge in [0.1, 0.15) is 11.3 Å². The summed E-state index contributed by atoms with van der Waals surface area (Å²) >= 11 is 0. The summed E-state index contributed by atoms with van der Waals surface area (Å²) in [6, 6.07) is 51.2. The molecule has 0 N–H and O–H groups in total. The Kier molecular flexibility index (Phi) is 8.06. The standard InChI is InChI=1S/C53H37N3O/c1-4-13-34(14-5-1)38-25-23-35-24-26-40(32-41(35)31-38)52-54-51(37-17-8-3-9-18-37)55-53(56-52)47-21-12-22-48-50(47)46-28-27-39(33-49(46)57-48)43-30-29-42(36-15-6-2-7-16-36)44-19-10-11-20-45(43)44/h1-11,13-21,23-33,35,41H,12,22H2. The number of hydrogen-bond acceptors (Lipinski definition) is 4. The van der Waals surface area contributed by atoms with Gasteiger partial charge in [0, 0.05) is 45.9 Å². The second-order valence-electron chi connectivity index (χ2n) is 15.0. The van der Waals surface area contributed by atoms with E-state index < -0.39 is 0 Å². The van der Waals surface area contributed by atoms with Crippen LogP contribution in [0.15, 0.2) is 193 Å². The Balaban J connectivity index is 1.000. The second-order valence-corrected chi connectivity index (χ2v) is 15.0. The van der Waals surface area contributed by atoms with Crippen molar-refractivity contribution in [3.8, 4) is 33.6 Å². The van der Waals surface area contributed by atoms with Crippen molar-refractivity contribution >= 4 is 38.5 Å². The molecule has 0 saturated heterocycles. The highest BCUT2D eigenvalue weighted by molar-refractivity contribution is 6.06. The Morgan fingerprint density at radius 1 is 0.474 bits per heavy atom. The number of hydrogen-bond donors (Lipinski definition) is 0. The third-order valence-electron chi connectivity index (χ3n) is 11.5. The molecule has 0 aliphatic heterocycles. The maximum atomic E-state index is 6.73. The van der Waals surface area contributed by atoms with Gasteiger partial charge >= 0.3 is 0 Å². The molecule has 3 aliphatic rings. The van der Waals surface area contributed by atoms with Crippen LogP contribution in [0.4, 0.5) is 0 Å². The molecule has 2 unspecified atom stereocenters. The van der Waals surface area contributed by atoms with Gasteiger partial charge in [-0.15, -0.1) is 0 Å². The average Bonchev–Trinajstić information content (AvgIpc) is 3.67. The highest BCUT2D eigenvalue weighted by Gasteiger charge is 2.27. The van der Waals surface area contributed by atoms with E-state index in [1.165, 1.54) is 38.6 Å². The molecule has 2 atom stereocenters. The molecule has 2 heterocycles. The first-order valence-corrected chi connectivity index (χ1v) is 19.7. The van der Waals surface area contributed by atoms with Gasteiger partial charge in [-0.1, -0.05) is 176 Å². The molecule has 4 heteroatoms. The van der Waals surface area contributed by atoms with Crippen molar-refractivity contribution in [3.05, 3.63) is 217 Å². The molecule has 4 nitrogen and oxygen atoms in total. The molecule has 2 aromatic heterocycles. The van der Waals surface area contributed by atoms with Gasteiger partial charge in [0.2, 0.25) is 0 Å². The zero-order valence-corrected chi connectivity index (χ0v) is 31.2. The van der Waals surface area contributed by atoms with Gasteiger partial charge in [-0.3, -0.25) is 0 Å². The van der Waals surface area contributed by atoms with Crippen LogP contribution in [-0.4, -0.2) is 15.0 Å². The van der Waals surface area contributed by atoms with Crippen molar-refractivity contribution in [1.82, 2.24) is 15.0 Å². The number of benzene rings is 6. The van der Waals surface area contributed by atoms with E-state index in [1.807, 2.05) is 18.2 Å².